The van der Waals surface area contributed by atoms with Crippen LogP contribution in [0.4, 0.5) is 0 Å². The monoisotopic (exact) mass is 216 g/mol. The molecule has 0 N–H and O–H groups in total. The quantitative estimate of drug-likeness (QED) is 0.727. The van der Waals surface area contributed by atoms with Gasteiger partial charge in [-0.05, 0) is 29.8 Å². The van der Waals surface area contributed by atoms with Crippen LogP contribution in [0.25, 0.3) is 6.08 Å². The van der Waals surface area contributed by atoms with E-state index in [0.717, 1.165) is 17.1 Å². The lowest BCUT2D eigenvalue weighted by Gasteiger charge is -2.18. The first-order chi connectivity index (χ1) is 7.79. The fraction of sp³-hybridized carbons (Fsp3) is 0.154. The number of ether oxygens (including phenoxy) is 2. The van der Waals surface area contributed by atoms with Gasteiger partial charge in [0, 0.05) is 0 Å². The van der Waals surface area contributed by atoms with Gasteiger partial charge in [0.2, 0.25) is 0 Å². The van der Waals surface area contributed by atoms with Crippen LogP contribution < -0.4 is 9.47 Å². The molecule has 3 nitrogen and oxygen atoms in total. The van der Waals surface area contributed by atoms with Crippen molar-refractivity contribution in [3.63, 3.8) is 0 Å². The van der Waals surface area contributed by atoms with Crippen LogP contribution in [0.15, 0.2) is 36.9 Å². The third-order valence-electron chi connectivity index (χ3n) is 2.21. The zero-order valence-electron chi connectivity index (χ0n) is 8.81. The van der Waals surface area contributed by atoms with Gasteiger partial charge >= 0.3 is 0 Å². The van der Waals surface area contributed by atoms with Crippen molar-refractivity contribution in [2.45, 2.75) is 0 Å². The van der Waals surface area contributed by atoms with Crippen LogP contribution in [-0.4, -0.2) is 19.0 Å². The summed E-state index contributed by atoms with van der Waals surface area (Å²) in [6.45, 7) is 4.54. The van der Waals surface area contributed by atoms with E-state index in [2.05, 4.69) is 6.58 Å². The lowest BCUT2D eigenvalue weighted by atomic mass is 10.1. The summed E-state index contributed by atoms with van der Waals surface area (Å²) < 4.78 is 10.8. The highest BCUT2D eigenvalue weighted by Crippen LogP contribution is 2.30. The Morgan fingerprint density at radius 2 is 2.00 bits per heavy atom. The number of hydrogen-bond acceptors (Lipinski definition) is 3. The first-order valence-electron chi connectivity index (χ1n) is 5.04. The molecule has 0 amide bonds. The highest BCUT2D eigenvalue weighted by Gasteiger charge is 2.10. The van der Waals surface area contributed by atoms with Gasteiger partial charge in [0.05, 0.1) is 0 Å². The summed E-state index contributed by atoms with van der Waals surface area (Å²) in [5.74, 6) is 1.35. The van der Waals surface area contributed by atoms with E-state index in [-0.39, 0.29) is 5.78 Å². The summed E-state index contributed by atoms with van der Waals surface area (Å²) in [5, 5.41) is 0. The molecule has 0 saturated heterocycles. The van der Waals surface area contributed by atoms with Gasteiger partial charge in [0.1, 0.15) is 13.2 Å². The lowest BCUT2D eigenvalue weighted by molar-refractivity contribution is -0.110. The Morgan fingerprint density at radius 3 is 2.75 bits per heavy atom. The van der Waals surface area contributed by atoms with Crippen molar-refractivity contribution >= 4 is 11.9 Å². The smallest absolute Gasteiger partial charge is 0.178 e. The summed E-state index contributed by atoms with van der Waals surface area (Å²) in [7, 11) is 0. The Morgan fingerprint density at radius 1 is 1.25 bits per heavy atom. The van der Waals surface area contributed by atoms with Gasteiger partial charge in [-0.15, -0.1) is 0 Å². The fourth-order valence-electron chi connectivity index (χ4n) is 1.41. The third-order valence-corrected chi connectivity index (χ3v) is 2.21. The highest BCUT2D eigenvalue weighted by molar-refractivity contribution is 6.01. The standard InChI is InChI=1S/C13H12O3/c1-2-11(14)5-3-10-4-6-12-13(9-10)16-8-7-15-12/h2-6,9H,1,7-8H2/b5-3+. The summed E-state index contributed by atoms with van der Waals surface area (Å²) in [6.07, 6.45) is 4.47. The second-order valence-electron chi connectivity index (χ2n) is 3.34. The minimum atomic E-state index is -0.116. The molecule has 16 heavy (non-hydrogen) atoms. The molecule has 0 unspecified atom stereocenters. The summed E-state index contributed by atoms with van der Waals surface area (Å²) >= 11 is 0. The van der Waals surface area contributed by atoms with E-state index in [4.69, 9.17) is 9.47 Å². The van der Waals surface area contributed by atoms with Crippen molar-refractivity contribution in [2.75, 3.05) is 13.2 Å². The molecule has 1 aromatic rings. The van der Waals surface area contributed by atoms with E-state index >= 15 is 0 Å². The van der Waals surface area contributed by atoms with Crippen molar-refractivity contribution in [2.24, 2.45) is 0 Å². The fourth-order valence-corrected chi connectivity index (χ4v) is 1.41. The number of ketones is 1. The predicted molar refractivity (Wildman–Crippen MR) is 61.7 cm³/mol. The van der Waals surface area contributed by atoms with Crippen molar-refractivity contribution in [3.8, 4) is 11.5 Å². The number of carbonyl (C=O) groups is 1. The molecule has 0 atom stereocenters. The van der Waals surface area contributed by atoms with Crippen molar-refractivity contribution in [3.05, 3.63) is 42.5 Å². The van der Waals surface area contributed by atoms with Crippen LogP contribution in [0.1, 0.15) is 5.56 Å². The Bertz CT molecular complexity index is 446. The molecule has 0 aliphatic carbocycles. The molecule has 1 aliphatic heterocycles. The minimum absolute atomic E-state index is 0.116. The molecule has 1 aliphatic rings. The molecule has 0 bridgehead atoms. The zero-order chi connectivity index (χ0) is 11.4. The zero-order valence-corrected chi connectivity index (χ0v) is 8.81. The number of fused-ring (bicyclic) bond motifs is 1. The Balaban J connectivity index is 2.20. The average molecular weight is 216 g/mol. The average Bonchev–Trinajstić information content (AvgIpc) is 2.35. The SMILES string of the molecule is C=CC(=O)/C=C/c1ccc2c(c1)OCCO2. The summed E-state index contributed by atoms with van der Waals surface area (Å²) in [6, 6.07) is 5.56. The molecule has 0 spiro atoms. The molecule has 0 saturated carbocycles. The van der Waals surface area contributed by atoms with Crippen LogP contribution >= 0.6 is 0 Å². The van der Waals surface area contributed by atoms with Gasteiger partial charge in [-0.2, -0.15) is 0 Å². The predicted octanol–water partition coefficient (Wildman–Crippen LogP) is 2.23. The van der Waals surface area contributed by atoms with E-state index in [1.807, 2.05) is 18.2 Å². The molecule has 82 valence electrons. The molecular weight excluding hydrogens is 204 g/mol. The second-order valence-corrected chi connectivity index (χ2v) is 3.34. The van der Waals surface area contributed by atoms with E-state index in [1.165, 1.54) is 12.2 Å². The first-order valence-corrected chi connectivity index (χ1v) is 5.04. The topological polar surface area (TPSA) is 35.5 Å². The molecule has 0 fully saturated rings. The van der Waals surface area contributed by atoms with Crippen LogP contribution in [0.2, 0.25) is 0 Å². The van der Waals surface area contributed by atoms with Crippen molar-refractivity contribution < 1.29 is 14.3 Å². The number of benzene rings is 1. The van der Waals surface area contributed by atoms with Gasteiger partial charge in [0.15, 0.2) is 17.3 Å². The maximum Gasteiger partial charge on any atom is 0.178 e. The third kappa shape index (κ3) is 2.31. The van der Waals surface area contributed by atoms with E-state index in [0.29, 0.717) is 13.2 Å². The lowest BCUT2D eigenvalue weighted by Crippen LogP contribution is -2.15. The van der Waals surface area contributed by atoms with Gasteiger partial charge in [0.25, 0.3) is 0 Å². The Kier molecular flexibility index (Phi) is 3.05. The van der Waals surface area contributed by atoms with Crippen LogP contribution in [-0.2, 0) is 4.79 Å². The Hall–Kier alpha value is -2.03. The van der Waals surface area contributed by atoms with Gasteiger partial charge in [-0.1, -0.05) is 18.7 Å². The number of hydrogen-bond donors (Lipinski definition) is 0. The van der Waals surface area contributed by atoms with Crippen molar-refractivity contribution in [1.29, 1.82) is 0 Å². The molecule has 1 heterocycles. The van der Waals surface area contributed by atoms with Gasteiger partial charge < -0.3 is 9.47 Å². The summed E-state index contributed by atoms with van der Waals surface area (Å²) in [5.41, 5.74) is 0.902. The highest BCUT2D eigenvalue weighted by atomic mass is 16.6. The number of allylic oxidation sites excluding steroid dienone is 2. The van der Waals surface area contributed by atoms with Gasteiger partial charge in [-0.3, -0.25) is 4.79 Å². The largest absolute Gasteiger partial charge is 0.486 e. The molecule has 3 heteroatoms. The molecule has 0 radical (unpaired) electrons. The molecular formula is C13H12O3. The first kappa shape index (κ1) is 10.5. The second kappa shape index (κ2) is 4.66. The maximum absolute atomic E-state index is 11.0. The summed E-state index contributed by atoms with van der Waals surface area (Å²) in [4.78, 5) is 11.0. The van der Waals surface area contributed by atoms with Crippen LogP contribution in [0.3, 0.4) is 0 Å². The maximum atomic E-state index is 11.0. The Labute approximate surface area is 94.0 Å². The van der Waals surface area contributed by atoms with E-state index in [1.54, 1.807) is 6.08 Å². The van der Waals surface area contributed by atoms with E-state index in [9.17, 15) is 4.79 Å². The van der Waals surface area contributed by atoms with Crippen LogP contribution in [0.5, 0.6) is 11.5 Å². The van der Waals surface area contributed by atoms with E-state index < -0.39 is 0 Å². The molecule has 2 rings (SSSR count). The number of rotatable bonds is 3. The molecule has 1 aromatic carbocycles. The number of carbonyl (C=O) groups excluding carboxylic acids is 1. The van der Waals surface area contributed by atoms with Gasteiger partial charge in [-0.25, -0.2) is 0 Å². The minimum Gasteiger partial charge on any atom is -0.486 e. The van der Waals surface area contributed by atoms with Crippen LogP contribution in [0, 0.1) is 0 Å². The van der Waals surface area contributed by atoms with Crippen molar-refractivity contribution in [1.82, 2.24) is 0 Å². The molecule has 0 aromatic heterocycles. The normalized spacial score (nSPS) is 13.8.